The van der Waals surface area contributed by atoms with Crippen LogP contribution in [0.2, 0.25) is 0 Å². The van der Waals surface area contributed by atoms with E-state index in [4.69, 9.17) is 4.74 Å². The predicted molar refractivity (Wildman–Crippen MR) is 94.0 cm³/mol. The molecule has 1 aromatic rings. The Bertz CT molecular complexity index is 545. The van der Waals surface area contributed by atoms with Gasteiger partial charge in [0.2, 0.25) is 5.91 Å². The molecule has 0 radical (unpaired) electrons. The van der Waals surface area contributed by atoms with E-state index in [1.165, 1.54) is 18.6 Å². The van der Waals surface area contributed by atoms with Crippen molar-refractivity contribution in [1.82, 2.24) is 19.8 Å². The molecule has 0 aliphatic carbocycles. The average Bonchev–Trinajstić information content (AvgIpc) is 2.65. The number of hydrogen-bond acceptors (Lipinski definition) is 5. The molecule has 138 valence electrons. The second kappa shape index (κ2) is 10.1. The van der Waals surface area contributed by atoms with Gasteiger partial charge in [0, 0.05) is 58.7 Å². The molecule has 25 heavy (non-hydrogen) atoms. The zero-order valence-corrected chi connectivity index (χ0v) is 15.2. The molecule has 1 saturated heterocycles. The van der Waals surface area contributed by atoms with Crippen LogP contribution in [0.15, 0.2) is 18.6 Å². The number of ether oxygens (including phenoxy) is 1. The van der Waals surface area contributed by atoms with Gasteiger partial charge >= 0.3 is 0 Å². The Morgan fingerprint density at radius 3 is 2.68 bits per heavy atom. The lowest BCUT2D eigenvalue weighted by Crippen LogP contribution is -2.41. The first kappa shape index (κ1) is 19.3. The van der Waals surface area contributed by atoms with E-state index in [1.54, 1.807) is 12.0 Å². The summed E-state index contributed by atoms with van der Waals surface area (Å²) in [6.07, 6.45) is 7.67. The Kier molecular flexibility index (Phi) is 7.78. The van der Waals surface area contributed by atoms with Crippen LogP contribution in [0.25, 0.3) is 0 Å². The fourth-order valence-corrected chi connectivity index (χ4v) is 2.93. The van der Waals surface area contributed by atoms with Gasteiger partial charge in [-0.15, -0.1) is 0 Å². The molecule has 0 unspecified atom stereocenters. The van der Waals surface area contributed by atoms with Gasteiger partial charge in [0.05, 0.1) is 6.20 Å². The minimum atomic E-state index is -0.190. The van der Waals surface area contributed by atoms with Crippen LogP contribution >= 0.6 is 0 Å². The maximum Gasteiger partial charge on any atom is 0.274 e. The van der Waals surface area contributed by atoms with E-state index >= 15 is 0 Å². The van der Waals surface area contributed by atoms with Crippen LogP contribution in [-0.4, -0.2) is 71.5 Å². The summed E-state index contributed by atoms with van der Waals surface area (Å²) >= 11 is 0. The quantitative estimate of drug-likeness (QED) is 0.667. The third kappa shape index (κ3) is 6.08. The van der Waals surface area contributed by atoms with Crippen LogP contribution in [0.1, 0.15) is 43.1 Å². The summed E-state index contributed by atoms with van der Waals surface area (Å²) in [5.74, 6) is 0.618. The molecular weight excluding hydrogens is 320 g/mol. The first-order valence-corrected chi connectivity index (χ1v) is 8.93. The number of hydrogen-bond donors (Lipinski definition) is 0. The van der Waals surface area contributed by atoms with Crippen LogP contribution in [0.5, 0.6) is 0 Å². The lowest BCUT2D eigenvalue weighted by Gasteiger charge is -2.31. The standard InChI is InChI=1S/C18H28N4O3/c1-15-4-10-21(11-5-15)17(23)6-12-22(9-3-13-25-2)18(24)16-14-19-7-8-20-16/h7-8,14-15H,3-6,9-13H2,1-2H3. The summed E-state index contributed by atoms with van der Waals surface area (Å²) in [6, 6.07) is 0. The third-order valence-electron chi connectivity index (χ3n) is 4.58. The van der Waals surface area contributed by atoms with E-state index in [0.29, 0.717) is 37.7 Å². The highest BCUT2D eigenvalue weighted by molar-refractivity contribution is 5.92. The highest BCUT2D eigenvalue weighted by Gasteiger charge is 2.22. The maximum atomic E-state index is 12.6. The van der Waals surface area contributed by atoms with Gasteiger partial charge in [-0.2, -0.15) is 0 Å². The van der Waals surface area contributed by atoms with Gasteiger partial charge in [-0.3, -0.25) is 14.6 Å². The normalized spacial score (nSPS) is 15.2. The molecule has 1 aliphatic heterocycles. The molecule has 0 bridgehead atoms. The van der Waals surface area contributed by atoms with Gasteiger partial charge in [-0.25, -0.2) is 4.98 Å². The van der Waals surface area contributed by atoms with Gasteiger partial charge in [-0.1, -0.05) is 6.92 Å². The summed E-state index contributed by atoms with van der Waals surface area (Å²) < 4.78 is 5.07. The minimum absolute atomic E-state index is 0.121. The topological polar surface area (TPSA) is 75.6 Å². The van der Waals surface area contributed by atoms with Gasteiger partial charge in [0.25, 0.3) is 5.91 Å². The maximum absolute atomic E-state index is 12.6. The van der Waals surface area contributed by atoms with E-state index in [-0.39, 0.29) is 11.8 Å². The van der Waals surface area contributed by atoms with Crippen molar-refractivity contribution in [2.45, 2.75) is 32.6 Å². The minimum Gasteiger partial charge on any atom is -0.385 e. The van der Waals surface area contributed by atoms with Crippen molar-refractivity contribution >= 4 is 11.8 Å². The summed E-state index contributed by atoms with van der Waals surface area (Å²) in [6.45, 7) is 5.36. The first-order valence-electron chi connectivity index (χ1n) is 8.93. The molecular formula is C18H28N4O3. The Hall–Kier alpha value is -2.02. The molecule has 0 atom stereocenters. The van der Waals surface area contributed by atoms with E-state index in [0.717, 1.165) is 32.4 Å². The summed E-state index contributed by atoms with van der Waals surface area (Å²) in [5, 5.41) is 0. The SMILES string of the molecule is COCCCN(CCC(=O)N1CCC(C)CC1)C(=O)c1cnccn1. The molecule has 2 rings (SSSR count). The number of methoxy groups -OCH3 is 1. The molecule has 2 amide bonds. The molecule has 2 heterocycles. The van der Waals surface area contributed by atoms with Crippen LogP contribution in [0, 0.1) is 5.92 Å². The fourth-order valence-electron chi connectivity index (χ4n) is 2.93. The molecule has 0 saturated carbocycles. The largest absolute Gasteiger partial charge is 0.385 e. The van der Waals surface area contributed by atoms with Crippen molar-refractivity contribution in [3.8, 4) is 0 Å². The number of aromatic nitrogens is 2. The van der Waals surface area contributed by atoms with Crippen molar-refractivity contribution in [2.24, 2.45) is 5.92 Å². The summed E-state index contributed by atoms with van der Waals surface area (Å²) in [7, 11) is 1.63. The van der Waals surface area contributed by atoms with Gasteiger partial charge in [0.1, 0.15) is 5.69 Å². The summed E-state index contributed by atoms with van der Waals surface area (Å²) in [4.78, 5) is 36.7. The fraction of sp³-hybridized carbons (Fsp3) is 0.667. The lowest BCUT2D eigenvalue weighted by atomic mass is 9.99. The molecule has 1 fully saturated rings. The Labute approximate surface area is 149 Å². The number of nitrogens with zero attached hydrogens (tertiary/aromatic N) is 4. The van der Waals surface area contributed by atoms with Crippen LogP contribution in [0.4, 0.5) is 0 Å². The third-order valence-corrected chi connectivity index (χ3v) is 4.58. The number of piperidine rings is 1. The van der Waals surface area contributed by atoms with Crippen LogP contribution < -0.4 is 0 Å². The average molecular weight is 348 g/mol. The van der Waals surface area contributed by atoms with Gasteiger partial charge in [-0.05, 0) is 25.2 Å². The van der Waals surface area contributed by atoms with E-state index < -0.39 is 0 Å². The van der Waals surface area contributed by atoms with Crippen LogP contribution in [-0.2, 0) is 9.53 Å². The lowest BCUT2D eigenvalue weighted by molar-refractivity contribution is -0.132. The monoisotopic (exact) mass is 348 g/mol. The molecule has 0 spiro atoms. The smallest absolute Gasteiger partial charge is 0.274 e. The highest BCUT2D eigenvalue weighted by atomic mass is 16.5. The van der Waals surface area contributed by atoms with Crippen molar-refractivity contribution in [3.63, 3.8) is 0 Å². The number of carbonyl (C=O) groups is 2. The Morgan fingerprint density at radius 2 is 2.04 bits per heavy atom. The molecule has 1 aliphatic rings. The van der Waals surface area contributed by atoms with E-state index in [1.807, 2.05) is 4.90 Å². The van der Waals surface area contributed by atoms with E-state index in [9.17, 15) is 9.59 Å². The van der Waals surface area contributed by atoms with Crippen molar-refractivity contribution in [2.75, 3.05) is 39.9 Å². The Morgan fingerprint density at radius 1 is 1.28 bits per heavy atom. The molecule has 7 heteroatoms. The zero-order chi connectivity index (χ0) is 18.1. The number of carbonyl (C=O) groups excluding carboxylic acids is 2. The highest BCUT2D eigenvalue weighted by Crippen LogP contribution is 2.16. The van der Waals surface area contributed by atoms with Crippen LogP contribution in [0.3, 0.4) is 0 Å². The predicted octanol–water partition coefficient (Wildman–Crippen LogP) is 1.60. The first-order chi connectivity index (χ1) is 12.1. The molecule has 1 aromatic heterocycles. The second-order valence-electron chi connectivity index (χ2n) is 6.54. The van der Waals surface area contributed by atoms with Crippen molar-refractivity contribution in [1.29, 1.82) is 0 Å². The Balaban J connectivity index is 1.91. The van der Waals surface area contributed by atoms with Gasteiger partial charge < -0.3 is 14.5 Å². The number of amides is 2. The van der Waals surface area contributed by atoms with E-state index in [2.05, 4.69) is 16.9 Å². The second-order valence-corrected chi connectivity index (χ2v) is 6.54. The summed E-state index contributed by atoms with van der Waals surface area (Å²) in [5.41, 5.74) is 0.305. The zero-order valence-electron chi connectivity index (χ0n) is 15.2. The molecule has 0 N–H and O–H groups in total. The number of likely N-dealkylation sites (tertiary alicyclic amines) is 1. The van der Waals surface area contributed by atoms with Gasteiger partial charge in [0.15, 0.2) is 0 Å². The van der Waals surface area contributed by atoms with Crippen molar-refractivity contribution in [3.05, 3.63) is 24.3 Å². The van der Waals surface area contributed by atoms with Crippen molar-refractivity contribution < 1.29 is 14.3 Å². The molecule has 0 aromatic carbocycles. The number of rotatable bonds is 8. The molecule has 7 nitrogen and oxygen atoms in total.